The topological polar surface area (TPSA) is 76.0 Å². The molecule has 0 saturated heterocycles. The number of hydrogen-bond donors (Lipinski definition) is 1. The third-order valence-electron chi connectivity index (χ3n) is 3.50. The van der Waals surface area contributed by atoms with Crippen molar-refractivity contribution in [3.05, 3.63) is 76.1 Å². The average molecular weight is 310 g/mol. The van der Waals surface area contributed by atoms with E-state index in [0.29, 0.717) is 34.4 Å². The van der Waals surface area contributed by atoms with Crippen molar-refractivity contribution in [1.82, 2.24) is 4.98 Å². The molecule has 0 saturated carbocycles. The van der Waals surface area contributed by atoms with Crippen LogP contribution in [0.2, 0.25) is 0 Å². The second-order valence-corrected chi connectivity index (χ2v) is 4.91. The summed E-state index contributed by atoms with van der Waals surface area (Å²) >= 11 is 0. The van der Waals surface area contributed by atoms with Crippen LogP contribution in [0.3, 0.4) is 0 Å². The lowest BCUT2D eigenvalue weighted by Gasteiger charge is -2.02. The monoisotopic (exact) mass is 310 g/mol. The first-order chi connectivity index (χ1) is 11.1. The Kier molecular flexibility index (Phi) is 3.72. The van der Waals surface area contributed by atoms with Gasteiger partial charge in [0.15, 0.2) is 6.29 Å². The summed E-state index contributed by atoms with van der Waals surface area (Å²) in [6.07, 6.45) is 0.635. The Morgan fingerprint density at radius 1 is 1.09 bits per heavy atom. The SMILES string of the molecule is O=Cc1cc(-c2ccc(F)cc2)[nH]c1-c1ccccc1[N+](=O)[O-]. The Bertz CT molecular complexity index is 885. The summed E-state index contributed by atoms with van der Waals surface area (Å²) in [5.41, 5.74) is 2.17. The maximum atomic E-state index is 13.0. The minimum atomic E-state index is -0.498. The number of H-pyrrole nitrogens is 1. The van der Waals surface area contributed by atoms with Crippen LogP contribution in [0.1, 0.15) is 10.4 Å². The van der Waals surface area contributed by atoms with Crippen LogP contribution in [0, 0.1) is 15.9 Å². The van der Waals surface area contributed by atoms with Crippen molar-refractivity contribution in [3.63, 3.8) is 0 Å². The number of nitrogens with zero attached hydrogens (tertiary/aromatic N) is 1. The van der Waals surface area contributed by atoms with Gasteiger partial charge in [0.2, 0.25) is 0 Å². The van der Waals surface area contributed by atoms with Gasteiger partial charge in [0.05, 0.1) is 16.2 Å². The molecular weight excluding hydrogens is 299 g/mol. The van der Waals surface area contributed by atoms with Gasteiger partial charge >= 0.3 is 0 Å². The van der Waals surface area contributed by atoms with E-state index < -0.39 is 4.92 Å². The number of nitro benzene ring substituents is 1. The van der Waals surface area contributed by atoms with Crippen LogP contribution in [0.4, 0.5) is 10.1 Å². The fraction of sp³-hybridized carbons (Fsp3) is 0. The van der Waals surface area contributed by atoms with Gasteiger partial charge < -0.3 is 4.98 Å². The van der Waals surface area contributed by atoms with Crippen molar-refractivity contribution in [3.8, 4) is 22.5 Å². The second-order valence-electron chi connectivity index (χ2n) is 4.91. The van der Waals surface area contributed by atoms with E-state index in [4.69, 9.17) is 0 Å². The molecule has 0 spiro atoms. The molecule has 23 heavy (non-hydrogen) atoms. The first kappa shape index (κ1) is 14.6. The first-order valence-electron chi connectivity index (χ1n) is 6.78. The van der Waals surface area contributed by atoms with E-state index >= 15 is 0 Å². The molecule has 1 heterocycles. The zero-order chi connectivity index (χ0) is 16.4. The molecule has 3 aromatic rings. The molecule has 6 heteroatoms. The highest BCUT2D eigenvalue weighted by Gasteiger charge is 2.19. The van der Waals surface area contributed by atoms with Crippen molar-refractivity contribution in [2.45, 2.75) is 0 Å². The van der Waals surface area contributed by atoms with E-state index in [1.54, 1.807) is 36.4 Å². The summed E-state index contributed by atoms with van der Waals surface area (Å²) in [4.78, 5) is 25.0. The molecule has 0 bridgehead atoms. The van der Waals surface area contributed by atoms with Crippen molar-refractivity contribution in [2.24, 2.45) is 0 Å². The maximum absolute atomic E-state index is 13.0. The maximum Gasteiger partial charge on any atom is 0.278 e. The number of rotatable bonds is 4. The van der Waals surface area contributed by atoms with E-state index in [9.17, 15) is 19.3 Å². The number of aldehydes is 1. The van der Waals surface area contributed by atoms with Gasteiger partial charge in [-0.1, -0.05) is 12.1 Å². The zero-order valence-corrected chi connectivity index (χ0v) is 11.8. The van der Waals surface area contributed by atoms with E-state index in [1.165, 1.54) is 18.2 Å². The highest BCUT2D eigenvalue weighted by molar-refractivity contribution is 5.91. The fourth-order valence-corrected chi connectivity index (χ4v) is 2.42. The minimum Gasteiger partial charge on any atom is -0.354 e. The van der Waals surface area contributed by atoms with Crippen LogP contribution in [-0.2, 0) is 0 Å². The lowest BCUT2D eigenvalue weighted by Crippen LogP contribution is -1.93. The van der Waals surface area contributed by atoms with Crippen molar-refractivity contribution >= 4 is 12.0 Å². The van der Waals surface area contributed by atoms with Crippen LogP contribution < -0.4 is 0 Å². The summed E-state index contributed by atoms with van der Waals surface area (Å²) in [5.74, 6) is -0.366. The Hall–Kier alpha value is -3.28. The Morgan fingerprint density at radius 3 is 2.43 bits per heavy atom. The van der Waals surface area contributed by atoms with Crippen LogP contribution in [0.15, 0.2) is 54.6 Å². The summed E-state index contributed by atoms with van der Waals surface area (Å²) in [6.45, 7) is 0. The van der Waals surface area contributed by atoms with Gasteiger partial charge in [-0.3, -0.25) is 14.9 Å². The molecule has 0 aliphatic carbocycles. The molecule has 0 amide bonds. The molecule has 0 unspecified atom stereocenters. The van der Waals surface area contributed by atoms with Gasteiger partial charge in [0.25, 0.3) is 5.69 Å². The summed E-state index contributed by atoms with van der Waals surface area (Å²) in [5, 5.41) is 11.2. The molecule has 0 fully saturated rings. The van der Waals surface area contributed by atoms with Gasteiger partial charge in [-0.2, -0.15) is 0 Å². The Morgan fingerprint density at radius 2 is 1.78 bits per heavy atom. The molecule has 0 atom stereocenters. The summed E-state index contributed by atoms with van der Waals surface area (Å²) < 4.78 is 13.0. The molecule has 3 rings (SSSR count). The molecule has 114 valence electrons. The number of benzene rings is 2. The van der Waals surface area contributed by atoms with Crippen molar-refractivity contribution in [1.29, 1.82) is 0 Å². The van der Waals surface area contributed by atoms with E-state index in [-0.39, 0.29) is 11.5 Å². The quantitative estimate of drug-likeness (QED) is 0.445. The molecule has 0 aliphatic heterocycles. The highest BCUT2D eigenvalue weighted by atomic mass is 19.1. The molecule has 2 aromatic carbocycles. The zero-order valence-electron chi connectivity index (χ0n) is 11.8. The minimum absolute atomic E-state index is 0.0943. The van der Waals surface area contributed by atoms with Gasteiger partial charge in [0.1, 0.15) is 5.82 Å². The van der Waals surface area contributed by atoms with Crippen LogP contribution in [0.5, 0.6) is 0 Å². The molecule has 5 nitrogen and oxygen atoms in total. The Labute approximate surface area is 130 Å². The third kappa shape index (κ3) is 2.74. The van der Waals surface area contributed by atoms with E-state index in [1.807, 2.05) is 0 Å². The van der Waals surface area contributed by atoms with Gasteiger partial charge in [-0.25, -0.2) is 4.39 Å². The normalized spacial score (nSPS) is 10.5. The van der Waals surface area contributed by atoms with Crippen LogP contribution in [-0.4, -0.2) is 16.2 Å². The Balaban J connectivity index is 2.16. The molecule has 1 aromatic heterocycles. The van der Waals surface area contributed by atoms with E-state index in [2.05, 4.69) is 4.98 Å². The van der Waals surface area contributed by atoms with E-state index in [0.717, 1.165) is 0 Å². The van der Waals surface area contributed by atoms with Gasteiger partial charge in [-0.05, 0) is 42.0 Å². The molecular formula is C17H11FN2O3. The van der Waals surface area contributed by atoms with Gasteiger partial charge in [0, 0.05) is 17.3 Å². The number of carbonyl (C=O) groups is 1. The number of halogens is 1. The molecule has 0 aliphatic rings. The number of carbonyl (C=O) groups excluding carboxylic acids is 1. The predicted molar refractivity (Wildman–Crippen MR) is 83.7 cm³/mol. The van der Waals surface area contributed by atoms with Crippen molar-refractivity contribution in [2.75, 3.05) is 0 Å². The molecule has 1 N–H and O–H groups in total. The average Bonchev–Trinajstić information content (AvgIpc) is 2.99. The summed E-state index contributed by atoms with van der Waals surface area (Å²) in [6, 6.07) is 13.5. The number of nitro groups is 1. The largest absolute Gasteiger partial charge is 0.354 e. The number of para-hydroxylation sites is 1. The highest BCUT2D eigenvalue weighted by Crippen LogP contribution is 2.33. The first-order valence-corrected chi connectivity index (χ1v) is 6.78. The standard InChI is InChI=1S/C17H11FN2O3/c18-13-7-5-11(6-8-13)15-9-12(10-21)17(19-15)14-3-1-2-4-16(14)20(22)23/h1-10,19H. The number of aromatic nitrogens is 1. The number of hydrogen-bond acceptors (Lipinski definition) is 3. The predicted octanol–water partition coefficient (Wildman–Crippen LogP) is 4.21. The van der Waals surface area contributed by atoms with Gasteiger partial charge in [-0.15, -0.1) is 0 Å². The number of aromatic amines is 1. The van der Waals surface area contributed by atoms with Crippen LogP contribution in [0.25, 0.3) is 22.5 Å². The molecule has 0 radical (unpaired) electrons. The fourth-order valence-electron chi connectivity index (χ4n) is 2.42. The van der Waals surface area contributed by atoms with Crippen molar-refractivity contribution < 1.29 is 14.1 Å². The lowest BCUT2D eigenvalue weighted by molar-refractivity contribution is -0.384. The second kappa shape index (κ2) is 5.84. The third-order valence-corrected chi connectivity index (χ3v) is 3.50. The lowest BCUT2D eigenvalue weighted by atomic mass is 10.1. The smallest absolute Gasteiger partial charge is 0.278 e. The number of nitrogens with one attached hydrogen (secondary N) is 1. The summed E-state index contributed by atoms with van der Waals surface area (Å²) in [7, 11) is 0. The van der Waals surface area contributed by atoms with Crippen LogP contribution >= 0.6 is 0 Å².